The average Bonchev–Trinajstić information content (AvgIpc) is 3.00. The van der Waals surface area contributed by atoms with Crippen LogP contribution in [0.4, 0.5) is 8.78 Å². The SMILES string of the molecule is CC1(O)CN(C(=O)C23CC[C@H](c4cc(-c5c(F)cccc5F)nnc42)C3(C)C)C1. The minimum Gasteiger partial charge on any atom is -0.386 e. The maximum absolute atomic E-state index is 14.3. The standard InChI is InChI=1S/C22H23F2N3O2/c1-20(2)13-7-8-22(20,19(28)27-10-21(3,29)11-27)18-12(13)9-16(25-26-18)17-14(23)5-4-6-15(17)24/h4-6,9,13,29H,7-8,10-11H2,1-3H3/t13-,22?/m1/s1. The van der Waals surface area contributed by atoms with Crippen molar-refractivity contribution < 1.29 is 18.7 Å². The van der Waals surface area contributed by atoms with Crippen molar-refractivity contribution in [1.82, 2.24) is 15.1 Å². The highest BCUT2D eigenvalue weighted by molar-refractivity contribution is 5.92. The Morgan fingerprint density at radius 1 is 1.17 bits per heavy atom. The second-order valence-corrected chi connectivity index (χ2v) is 9.51. The number of benzene rings is 1. The Bertz CT molecular complexity index is 1020. The number of aliphatic hydroxyl groups is 1. The molecule has 0 spiro atoms. The van der Waals surface area contributed by atoms with Crippen LogP contribution in [0, 0.1) is 17.0 Å². The highest BCUT2D eigenvalue weighted by Gasteiger charge is 2.69. The molecule has 2 bridgehead atoms. The minimum atomic E-state index is -0.853. The number of halogens is 2. The van der Waals surface area contributed by atoms with Gasteiger partial charge in [-0.3, -0.25) is 4.79 Å². The monoisotopic (exact) mass is 399 g/mol. The molecule has 2 aliphatic carbocycles. The summed E-state index contributed by atoms with van der Waals surface area (Å²) in [5.41, 5.74) is -0.629. The van der Waals surface area contributed by atoms with Gasteiger partial charge in [0.05, 0.1) is 41.1 Å². The molecule has 2 atom stereocenters. The van der Waals surface area contributed by atoms with Gasteiger partial charge in [0.15, 0.2) is 0 Å². The fraction of sp³-hybridized carbons (Fsp3) is 0.500. The molecule has 1 saturated heterocycles. The first-order valence-corrected chi connectivity index (χ1v) is 9.93. The number of likely N-dealkylation sites (tertiary alicyclic amines) is 1. The van der Waals surface area contributed by atoms with Crippen molar-refractivity contribution in [3.8, 4) is 11.3 Å². The molecule has 5 rings (SSSR count). The van der Waals surface area contributed by atoms with E-state index in [-0.39, 0.29) is 23.1 Å². The first-order valence-electron chi connectivity index (χ1n) is 9.93. The van der Waals surface area contributed by atoms with Crippen molar-refractivity contribution in [2.24, 2.45) is 5.41 Å². The van der Waals surface area contributed by atoms with Gasteiger partial charge in [0.2, 0.25) is 5.91 Å². The first kappa shape index (κ1) is 18.6. The molecule has 1 aromatic heterocycles. The van der Waals surface area contributed by atoms with E-state index in [1.165, 1.54) is 18.2 Å². The molecule has 0 radical (unpaired) electrons. The lowest BCUT2D eigenvalue weighted by atomic mass is 9.67. The summed E-state index contributed by atoms with van der Waals surface area (Å²) in [6, 6.07) is 5.42. The van der Waals surface area contributed by atoms with Crippen molar-refractivity contribution in [2.75, 3.05) is 13.1 Å². The number of hydrogen-bond acceptors (Lipinski definition) is 4. The molecule has 1 aromatic carbocycles. The number of rotatable bonds is 2. The minimum absolute atomic E-state index is 0.0330. The Kier molecular flexibility index (Phi) is 3.59. The topological polar surface area (TPSA) is 66.3 Å². The number of hydrogen-bond donors (Lipinski definition) is 1. The Morgan fingerprint density at radius 3 is 2.45 bits per heavy atom. The van der Waals surface area contributed by atoms with Crippen LogP contribution in [0.1, 0.15) is 50.8 Å². The zero-order valence-corrected chi connectivity index (χ0v) is 16.7. The van der Waals surface area contributed by atoms with E-state index in [0.717, 1.165) is 12.0 Å². The van der Waals surface area contributed by atoms with Crippen LogP contribution in [0.5, 0.6) is 0 Å². The highest BCUT2D eigenvalue weighted by atomic mass is 19.1. The van der Waals surface area contributed by atoms with Crippen LogP contribution < -0.4 is 0 Å². The molecule has 2 aromatic rings. The van der Waals surface area contributed by atoms with E-state index in [4.69, 9.17) is 0 Å². The van der Waals surface area contributed by atoms with Crippen LogP contribution in [-0.4, -0.2) is 44.8 Å². The van der Waals surface area contributed by atoms with E-state index in [1.54, 1.807) is 17.9 Å². The number of fused-ring (bicyclic) bond motifs is 5. The number of amides is 1. The van der Waals surface area contributed by atoms with Gasteiger partial charge in [-0.1, -0.05) is 19.9 Å². The van der Waals surface area contributed by atoms with Gasteiger partial charge in [0, 0.05) is 0 Å². The maximum atomic E-state index is 14.3. The summed E-state index contributed by atoms with van der Waals surface area (Å²) in [5, 5.41) is 18.6. The molecule has 1 aliphatic heterocycles. The van der Waals surface area contributed by atoms with Gasteiger partial charge in [-0.05, 0) is 54.9 Å². The summed E-state index contributed by atoms with van der Waals surface area (Å²) in [6.07, 6.45) is 1.47. The maximum Gasteiger partial charge on any atom is 0.235 e. The predicted octanol–water partition coefficient (Wildman–Crippen LogP) is 3.17. The van der Waals surface area contributed by atoms with Gasteiger partial charge in [0.25, 0.3) is 0 Å². The number of carbonyl (C=O) groups excluding carboxylic acids is 1. The molecule has 3 aliphatic rings. The van der Waals surface area contributed by atoms with Gasteiger partial charge in [0.1, 0.15) is 11.6 Å². The van der Waals surface area contributed by atoms with E-state index in [9.17, 15) is 18.7 Å². The predicted molar refractivity (Wildman–Crippen MR) is 102 cm³/mol. The van der Waals surface area contributed by atoms with Gasteiger partial charge < -0.3 is 10.0 Å². The summed E-state index contributed by atoms with van der Waals surface area (Å²) < 4.78 is 28.5. The van der Waals surface area contributed by atoms with E-state index >= 15 is 0 Å². The number of β-amino-alcohol motifs (C(OH)–C–C–N with tert-alkyl or cyclic N) is 1. The van der Waals surface area contributed by atoms with Crippen molar-refractivity contribution >= 4 is 5.91 Å². The Morgan fingerprint density at radius 2 is 1.83 bits per heavy atom. The molecule has 7 heteroatoms. The molecule has 29 heavy (non-hydrogen) atoms. The summed E-state index contributed by atoms with van der Waals surface area (Å²) in [5.74, 6) is -1.34. The Hall–Kier alpha value is -2.41. The molecule has 1 amide bonds. The van der Waals surface area contributed by atoms with E-state index in [2.05, 4.69) is 24.0 Å². The summed E-state index contributed by atoms with van der Waals surface area (Å²) >= 11 is 0. The van der Waals surface area contributed by atoms with Crippen LogP contribution >= 0.6 is 0 Å². The van der Waals surface area contributed by atoms with Crippen molar-refractivity contribution in [3.05, 3.63) is 47.2 Å². The third-order valence-corrected chi connectivity index (χ3v) is 7.32. The smallest absolute Gasteiger partial charge is 0.235 e. The zero-order chi connectivity index (χ0) is 20.8. The van der Waals surface area contributed by atoms with Crippen LogP contribution in [-0.2, 0) is 10.2 Å². The second-order valence-electron chi connectivity index (χ2n) is 9.51. The van der Waals surface area contributed by atoms with Crippen LogP contribution in [0.15, 0.2) is 24.3 Å². The number of nitrogens with zero attached hydrogens (tertiary/aromatic N) is 3. The number of carbonyl (C=O) groups is 1. The summed E-state index contributed by atoms with van der Waals surface area (Å²) in [6.45, 7) is 6.44. The number of aromatic nitrogens is 2. The van der Waals surface area contributed by atoms with E-state index < -0.39 is 28.1 Å². The molecule has 2 heterocycles. The average molecular weight is 399 g/mol. The Balaban J connectivity index is 1.62. The van der Waals surface area contributed by atoms with E-state index in [1.807, 2.05) is 0 Å². The third kappa shape index (κ3) is 2.25. The highest BCUT2D eigenvalue weighted by Crippen LogP contribution is 2.68. The van der Waals surface area contributed by atoms with Gasteiger partial charge in [-0.2, -0.15) is 5.10 Å². The lowest BCUT2D eigenvalue weighted by Gasteiger charge is -2.49. The molecule has 1 saturated carbocycles. The van der Waals surface area contributed by atoms with Crippen LogP contribution in [0.2, 0.25) is 0 Å². The van der Waals surface area contributed by atoms with Crippen molar-refractivity contribution in [3.63, 3.8) is 0 Å². The molecule has 1 N–H and O–H groups in total. The van der Waals surface area contributed by atoms with Crippen molar-refractivity contribution in [1.29, 1.82) is 0 Å². The first-order chi connectivity index (χ1) is 13.6. The Labute approximate surface area is 167 Å². The lowest BCUT2D eigenvalue weighted by Crippen LogP contribution is -2.66. The van der Waals surface area contributed by atoms with Gasteiger partial charge >= 0.3 is 0 Å². The zero-order valence-electron chi connectivity index (χ0n) is 16.7. The molecule has 1 unspecified atom stereocenters. The molecule has 2 fully saturated rings. The fourth-order valence-corrected chi connectivity index (χ4v) is 5.85. The van der Waals surface area contributed by atoms with Crippen molar-refractivity contribution in [2.45, 2.75) is 50.5 Å². The fourth-order valence-electron chi connectivity index (χ4n) is 5.85. The molecular formula is C22H23F2N3O2. The van der Waals surface area contributed by atoms with Gasteiger partial charge in [-0.25, -0.2) is 8.78 Å². The summed E-state index contributed by atoms with van der Waals surface area (Å²) in [4.78, 5) is 15.2. The second kappa shape index (κ2) is 5.59. The molecular weight excluding hydrogens is 376 g/mol. The van der Waals surface area contributed by atoms with E-state index in [0.29, 0.717) is 25.2 Å². The quantitative estimate of drug-likeness (QED) is 0.843. The summed E-state index contributed by atoms with van der Waals surface area (Å²) in [7, 11) is 0. The van der Waals surface area contributed by atoms with Crippen LogP contribution in [0.25, 0.3) is 11.3 Å². The normalized spacial score (nSPS) is 28.2. The lowest BCUT2D eigenvalue weighted by molar-refractivity contribution is -0.162. The molecule has 5 nitrogen and oxygen atoms in total. The van der Waals surface area contributed by atoms with Gasteiger partial charge in [-0.15, -0.1) is 5.10 Å². The van der Waals surface area contributed by atoms with Crippen LogP contribution in [0.3, 0.4) is 0 Å². The third-order valence-electron chi connectivity index (χ3n) is 7.32. The molecule has 152 valence electrons. The largest absolute Gasteiger partial charge is 0.386 e.